The van der Waals surface area contributed by atoms with Gasteiger partial charge in [0, 0.05) is 38.9 Å². The number of likely N-dealkylation sites (tertiary alicyclic amines) is 1. The van der Waals surface area contributed by atoms with E-state index in [4.69, 9.17) is 4.74 Å². The smallest absolute Gasteiger partial charge is 0.260 e. The topological polar surface area (TPSA) is 45.7 Å². The van der Waals surface area contributed by atoms with Crippen molar-refractivity contribution in [2.24, 2.45) is 5.92 Å². The number of hydrogen-bond donors (Lipinski definition) is 0. The molecular formula is C25H33N3O2. The summed E-state index contributed by atoms with van der Waals surface area (Å²) in [4.78, 5) is 21.9. The molecular weight excluding hydrogens is 374 g/mol. The molecule has 160 valence electrons. The number of ether oxygens (including phenoxy) is 1. The van der Waals surface area contributed by atoms with Crippen LogP contribution in [-0.4, -0.2) is 53.5 Å². The maximum atomic E-state index is 12.9. The van der Waals surface area contributed by atoms with Gasteiger partial charge in [-0.3, -0.25) is 14.7 Å². The van der Waals surface area contributed by atoms with Crippen molar-refractivity contribution in [3.8, 4) is 5.75 Å². The van der Waals surface area contributed by atoms with Gasteiger partial charge in [0.05, 0.1) is 5.69 Å². The van der Waals surface area contributed by atoms with Crippen LogP contribution < -0.4 is 4.74 Å². The van der Waals surface area contributed by atoms with Crippen molar-refractivity contribution in [1.82, 2.24) is 14.8 Å². The van der Waals surface area contributed by atoms with Crippen molar-refractivity contribution in [2.75, 3.05) is 26.7 Å². The van der Waals surface area contributed by atoms with Crippen LogP contribution in [-0.2, 0) is 17.8 Å². The van der Waals surface area contributed by atoms with E-state index in [0.717, 1.165) is 56.8 Å². The molecule has 2 aliphatic heterocycles. The molecule has 0 radical (unpaired) electrons. The van der Waals surface area contributed by atoms with Gasteiger partial charge in [-0.15, -0.1) is 0 Å². The Bertz CT molecular complexity index is 852. The van der Waals surface area contributed by atoms with Gasteiger partial charge in [0.1, 0.15) is 5.75 Å². The lowest BCUT2D eigenvalue weighted by Crippen LogP contribution is -2.52. The quantitative estimate of drug-likeness (QED) is 0.759. The lowest BCUT2D eigenvalue weighted by Gasteiger charge is -2.43. The highest BCUT2D eigenvalue weighted by Gasteiger charge is 2.34. The molecule has 0 bridgehead atoms. The fourth-order valence-corrected chi connectivity index (χ4v) is 4.85. The highest BCUT2D eigenvalue weighted by molar-refractivity contribution is 5.78. The van der Waals surface area contributed by atoms with Crippen LogP contribution >= 0.6 is 0 Å². The van der Waals surface area contributed by atoms with Gasteiger partial charge < -0.3 is 9.64 Å². The summed E-state index contributed by atoms with van der Waals surface area (Å²) < 4.78 is 5.92. The Morgan fingerprint density at radius 3 is 2.83 bits per heavy atom. The van der Waals surface area contributed by atoms with Crippen LogP contribution in [0.1, 0.15) is 42.5 Å². The molecule has 5 nitrogen and oxygen atoms in total. The highest BCUT2D eigenvalue weighted by atomic mass is 16.5. The summed E-state index contributed by atoms with van der Waals surface area (Å²) in [6.45, 7) is 5.10. The molecule has 1 saturated heterocycles. The third-order valence-corrected chi connectivity index (χ3v) is 6.62. The molecule has 3 heterocycles. The van der Waals surface area contributed by atoms with Crippen molar-refractivity contribution in [3.05, 3.63) is 59.4 Å². The Kier molecular flexibility index (Phi) is 6.68. The van der Waals surface area contributed by atoms with Gasteiger partial charge in [0.25, 0.3) is 5.91 Å². The molecule has 1 aromatic carbocycles. The molecule has 1 aromatic heterocycles. The predicted molar refractivity (Wildman–Crippen MR) is 118 cm³/mol. The van der Waals surface area contributed by atoms with Gasteiger partial charge in [-0.2, -0.15) is 0 Å². The largest absolute Gasteiger partial charge is 0.483 e. The average Bonchev–Trinajstić information content (AvgIpc) is 2.76. The normalized spacial score (nSPS) is 23.5. The Hall–Kier alpha value is -2.40. The number of likely N-dealkylation sites (N-methyl/N-ethyl adjacent to an activating group) is 1. The number of benzene rings is 1. The molecule has 0 N–H and O–H groups in total. The number of nitrogens with zero attached hydrogens (tertiary/aromatic N) is 3. The Morgan fingerprint density at radius 1 is 1.13 bits per heavy atom. The maximum Gasteiger partial charge on any atom is 0.260 e. The van der Waals surface area contributed by atoms with Crippen LogP contribution in [0.25, 0.3) is 0 Å². The first kappa shape index (κ1) is 20.9. The van der Waals surface area contributed by atoms with E-state index in [1.807, 2.05) is 30.3 Å². The number of carbonyl (C=O) groups excluding carboxylic acids is 1. The zero-order valence-corrected chi connectivity index (χ0v) is 18.2. The minimum atomic E-state index is 0.0778. The second-order valence-corrected chi connectivity index (χ2v) is 8.82. The molecule has 2 atom stereocenters. The standard InChI is InChI=1S/C25H33N3O2/c1-19-11-12-22(26-15-19)17-28-14-13-23-21(16-28)9-4-3-7-20-8-5-6-10-24(20)30-18-25(29)27(23)2/h5-6,8,10-12,15,21,23H,3-4,7,9,13-14,16-18H2,1-2H3/t21-,23+/m0/s1. The minimum absolute atomic E-state index is 0.0778. The summed E-state index contributed by atoms with van der Waals surface area (Å²) in [6, 6.07) is 12.7. The van der Waals surface area contributed by atoms with Crippen molar-refractivity contribution >= 4 is 5.91 Å². The van der Waals surface area contributed by atoms with Crippen LogP contribution in [0.5, 0.6) is 5.75 Å². The fourth-order valence-electron chi connectivity index (χ4n) is 4.85. The van der Waals surface area contributed by atoms with Gasteiger partial charge in [-0.05, 0) is 61.8 Å². The predicted octanol–water partition coefficient (Wildman–Crippen LogP) is 3.84. The molecule has 4 rings (SSSR count). The Balaban J connectivity index is 1.45. The Morgan fingerprint density at radius 2 is 2.00 bits per heavy atom. The summed E-state index contributed by atoms with van der Waals surface area (Å²) in [7, 11) is 1.96. The number of rotatable bonds is 2. The maximum absolute atomic E-state index is 12.9. The molecule has 1 amide bonds. The van der Waals surface area contributed by atoms with Crippen LogP contribution in [0.4, 0.5) is 0 Å². The van der Waals surface area contributed by atoms with Crippen LogP contribution in [0.3, 0.4) is 0 Å². The van der Waals surface area contributed by atoms with Gasteiger partial charge in [0.15, 0.2) is 6.61 Å². The summed E-state index contributed by atoms with van der Waals surface area (Å²) in [5.41, 5.74) is 3.53. The van der Waals surface area contributed by atoms with Crippen molar-refractivity contribution in [1.29, 1.82) is 0 Å². The summed E-state index contributed by atoms with van der Waals surface area (Å²) >= 11 is 0. The van der Waals surface area contributed by atoms with E-state index < -0.39 is 0 Å². The number of amides is 1. The molecule has 0 unspecified atom stereocenters. The number of fused-ring (bicyclic) bond motifs is 2. The van der Waals surface area contributed by atoms with Crippen molar-refractivity contribution in [3.63, 3.8) is 0 Å². The number of aromatic nitrogens is 1. The number of piperidine rings is 1. The van der Waals surface area contributed by atoms with Gasteiger partial charge >= 0.3 is 0 Å². The number of carbonyl (C=O) groups is 1. The lowest BCUT2D eigenvalue weighted by atomic mass is 9.86. The van der Waals surface area contributed by atoms with Crippen molar-refractivity contribution in [2.45, 2.75) is 51.6 Å². The second-order valence-electron chi connectivity index (χ2n) is 8.82. The molecule has 2 aromatic rings. The highest BCUT2D eigenvalue weighted by Crippen LogP contribution is 2.29. The third kappa shape index (κ3) is 5.01. The average molecular weight is 408 g/mol. The Labute approximate surface area is 180 Å². The summed E-state index contributed by atoms with van der Waals surface area (Å²) in [6.07, 6.45) is 7.45. The minimum Gasteiger partial charge on any atom is -0.483 e. The SMILES string of the molecule is Cc1ccc(CN2CC[C@@H]3[C@@H](CCCCc4ccccc4OCC(=O)N3C)C2)nc1. The van der Waals surface area contributed by atoms with E-state index >= 15 is 0 Å². The zero-order valence-electron chi connectivity index (χ0n) is 18.2. The molecule has 30 heavy (non-hydrogen) atoms. The van der Waals surface area contributed by atoms with E-state index in [-0.39, 0.29) is 18.6 Å². The number of pyridine rings is 1. The van der Waals surface area contributed by atoms with Crippen LogP contribution in [0.2, 0.25) is 0 Å². The van der Waals surface area contributed by atoms with Gasteiger partial charge in [-0.25, -0.2) is 0 Å². The zero-order chi connectivity index (χ0) is 20.9. The summed E-state index contributed by atoms with van der Waals surface area (Å²) in [5, 5.41) is 0. The van der Waals surface area contributed by atoms with E-state index in [1.54, 1.807) is 0 Å². The van der Waals surface area contributed by atoms with E-state index in [9.17, 15) is 4.79 Å². The van der Waals surface area contributed by atoms with E-state index in [0.29, 0.717) is 5.92 Å². The van der Waals surface area contributed by atoms with Gasteiger partial charge in [-0.1, -0.05) is 30.7 Å². The number of hydrogen-bond acceptors (Lipinski definition) is 4. The van der Waals surface area contributed by atoms with Crippen molar-refractivity contribution < 1.29 is 9.53 Å². The summed E-state index contributed by atoms with van der Waals surface area (Å²) in [5.74, 6) is 1.43. The molecule has 2 aliphatic rings. The third-order valence-electron chi connectivity index (χ3n) is 6.62. The monoisotopic (exact) mass is 407 g/mol. The van der Waals surface area contributed by atoms with Crippen LogP contribution in [0, 0.1) is 12.8 Å². The number of aryl methyl sites for hydroxylation is 2. The molecule has 0 spiro atoms. The van der Waals surface area contributed by atoms with Gasteiger partial charge in [0.2, 0.25) is 0 Å². The molecule has 0 aliphatic carbocycles. The first-order valence-electron chi connectivity index (χ1n) is 11.2. The second kappa shape index (κ2) is 9.61. The fraction of sp³-hybridized carbons (Fsp3) is 0.520. The van der Waals surface area contributed by atoms with E-state index in [1.165, 1.54) is 17.5 Å². The molecule has 5 heteroatoms. The van der Waals surface area contributed by atoms with Crippen LogP contribution in [0.15, 0.2) is 42.6 Å². The first-order chi connectivity index (χ1) is 14.6. The lowest BCUT2D eigenvalue weighted by molar-refractivity contribution is -0.136. The molecule has 1 fully saturated rings. The number of para-hydroxylation sites is 1. The molecule has 0 saturated carbocycles. The first-order valence-corrected chi connectivity index (χ1v) is 11.2. The van der Waals surface area contributed by atoms with E-state index in [2.05, 4.69) is 41.1 Å².